The summed E-state index contributed by atoms with van der Waals surface area (Å²) in [6, 6.07) is 7.11. The number of hydrogen-bond donors (Lipinski definition) is 2. The zero-order valence-corrected chi connectivity index (χ0v) is 50.3. The average Bonchev–Trinajstić information content (AvgIpc) is 2.88. The van der Waals surface area contributed by atoms with Gasteiger partial charge in [-0.2, -0.15) is 0 Å². The van der Waals surface area contributed by atoms with Crippen LogP contribution in [0.2, 0.25) is 0 Å². The summed E-state index contributed by atoms with van der Waals surface area (Å²) in [5.41, 5.74) is 10.5. The van der Waals surface area contributed by atoms with Gasteiger partial charge < -0.3 is 48.3 Å². The van der Waals surface area contributed by atoms with Crippen LogP contribution >= 0.6 is 11.3 Å². The Balaban J connectivity index is 0.921. The standard InChI is InChI=1S/C62H85N11O9S/c1-38-50(51(38)58(75)70-18-16-67(5)17-19-70)56(74)65-53-55(71-33-62(34-71)36-80-37-62)57-64-48(32-83-57)40-9-12-49-44(28-40)46(30-61(3,4)35-82-60(77)47-8-7-15-73(66-47)59(53)76)54(72(49)24-27-81-43-13-25-79-26-14-43)45-29-42(31-63-52(45)39(2)78-6)69-22-20-68(21-23-69)41-10-11-41/h9,12,28-29,31-32,38-39,41,43,47,50-51,53,55,66H,7-8,10-11,13-27,30,33-37H2,1-6H3,(H,65,74)/t38-,39+,47+,50-,51-,53+,55+/m1/s1. The smallest absolute Gasteiger partial charge is 0.324 e. The number of rotatable bonds is 13. The van der Waals surface area contributed by atoms with Crippen LogP contribution in [0.4, 0.5) is 5.69 Å². The minimum absolute atomic E-state index is 0.00138. The number of hydrogen-bond acceptors (Lipinski definition) is 17. The number of fused-ring (bicyclic) bond motifs is 6. The van der Waals surface area contributed by atoms with E-state index in [0.29, 0.717) is 103 Å². The Labute approximate surface area is 491 Å². The van der Waals surface area contributed by atoms with Crippen LogP contribution in [-0.4, -0.2) is 213 Å². The van der Waals surface area contributed by atoms with Gasteiger partial charge in [0.1, 0.15) is 17.1 Å². The predicted molar refractivity (Wildman–Crippen MR) is 314 cm³/mol. The minimum atomic E-state index is -1.10. The number of aromatic nitrogens is 3. The Bertz CT molecular complexity index is 3060. The number of likely N-dealkylation sites (N-methyl/N-ethyl adjacent to an activating group) is 1. The Morgan fingerprint density at radius 1 is 0.916 bits per heavy atom. The molecule has 8 fully saturated rings. The quantitative estimate of drug-likeness (QED) is 0.167. The second-order valence-corrected chi connectivity index (χ2v) is 27.2. The van der Waals surface area contributed by atoms with Crippen molar-refractivity contribution in [3.05, 3.63) is 52.1 Å². The van der Waals surface area contributed by atoms with Crippen molar-refractivity contribution >= 4 is 51.6 Å². The topological polar surface area (TPSA) is 189 Å². The molecule has 83 heavy (non-hydrogen) atoms. The van der Waals surface area contributed by atoms with Gasteiger partial charge in [0.2, 0.25) is 11.8 Å². The molecule has 448 valence electrons. The molecule has 6 bridgehead atoms. The van der Waals surface area contributed by atoms with Crippen LogP contribution in [0.25, 0.3) is 33.4 Å². The Hall–Kier alpha value is -5.10. The minimum Gasteiger partial charge on any atom is -0.464 e. The fraction of sp³-hybridized carbons (Fsp3) is 0.677. The molecule has 0 unspecified atom stereocenters. The monoisotopic (exact) mass is 1160 g/mol. The van der Waals surface area contributed by atoms with E-state index in [0.717, 1.165) is 102 Å². The number of likely N-dealkylation sites (tertiary alicyclic amines) is 1. The van der Waals surface area contributed by atoms with E-state index in [2.05, 4.69) is 92.4 Å². The lowest BCUT2D eigenvalue weighted by molar-refractivity contribution is -0.202. The predicted octanol–water partition coefficient (Wildman–Crippen LogP) is 5.15. The first-order valence-electron chi connectivity index (χ1n) is 30.8. The molecule has 7 aliphatic heterocycles. The number of carbonyl (C=O) groups excluding carboxylic acids is 4. The van der Waals surface area contributed by atoms with Crippen LogP contribution in [0.3, 0.4) is 0 Å². The van der Waals surface area contributed by atoms with Crippen LogP contribution in [-0.2, 0) is 55.8 Å². The van der Waals surface area contributed by atoms with Crippen LogP contribution < -0.4 is 15.6 Å². The molecule has 7 atom stereocenters. The van der Waals surface area contributed by atoms with E-state index in [1.807, 2.05) is 18.0 Å². The highest BCUT2D eigenvalue weighted by molar-refractivity contribution is 7.10. The molecule has 3 amide bonds. The van der Waals surface area contributed by atoms with E-state index in [1.165, 1.54) is 29.2 Å². The SMILES string of the molecule is CO[C@@H](C)c1ncc(N2CCN(C3CC3)CC2)cc1-c1c2c3cc(ccc3n1CCOC1CCOCC1)-c1csc(n1)[C@@H](N1CC3(COC3)C1)[C@H](NC(=O)[C@@H]1[C@@H](C)[C@H]1C(=O)N1CCN(C)CC1)C(=O)N1CCC[C@H](N1)C(=O)OCC(C)(C)C2. The molecule has 10 heterocycles. The van der Waals surface area contributed by atoms with Crippen molar-refractivity contribution in [2.45, 2.75) is 116 Å². The third kappa shape index (κ3) is 11.5. The molecule has 1 aromatic carbocycles. The summed E-state index contributed by atoms with van der Waals surface area (Å²) in [4.78, 5) is 81.2. The molecular formula is C62H85N11O9S. The Morgan fingerprint density at radius 2 is 1.69 bits per heavy atom. The van der Waals surface area contributed by atoms with Gasteiger partial charge in [0.05, 0.1) is 85.5 Å². The summed E-state index contributed by atoms with van der Waals surface area (Å²) in [5.74, 6) is -2.35. The molecule has 3 aromatic heterocycles. The molecule has 20 nitrogen and oxygen atoms in total. The zero-order chi connectivity index (χ0) is 57.3. The van der Waals surface area contributed by atoms with Crippen molar-refractivity contribution in [2.75, 3.05) is 131 Å². The van der Waals surface area contributed by atoms with Crippen molar-refractivity contribution in [3.63, 3.8) is 0 Å². The van der Waals surface area contributed by atoms with E-state index in [4.69, 9.17) is 33.7 Å². The third-order valence-electron chi connectivity index (χ3n) is 19.7. The summed E-state index contributed by atoms with van der Waals surface area (Å²) in [5, 5.41) is 8.63. The van der Waals surface area contributed by atoms with Crippen molar-refractivity contribution in [1.29, 1.82) is 0 Å². The second kappa shape index (κ2) is 23.3. The van der Waals surface area contributed by atoms with Crippen LogP contribution in [0.5, 0.6) is 0 Å². The van der Waals surface area contributed by atoms with Crippen molar-refractivity contribution < 1.29 is 42.9 Å². The fourth-order valence-corrected chi connectivity index (χ4v) is 15.3. The lowest BCUT2D eigenvalue weighted by Crippen LogP contribution is -2.70. The van der Waals surface area contributed by atoms with Gasteiger partial charge in [-0.1, -0.05) is 26.8 Å². The number of ether oxygens (including phenoxy) is 5. The second-order valence-electron chi connectivity index (χ2n) is 26.4. The van der Waals surface area contributed by atoms with Gasteiger partial charge in [-0.05, 0) is 88.6 Å². The molecule has 2 saturated carbocycles. The maximum atomic E-state index is 15.5. The molecule has 4 aromatic rings. The number of anilines is 1. The van der Waals surface area contributed by atoms with Crippen molar-refractivity contribution in [2.24, 2.45) is 28.6 Å². The number of carbonyl (C=O) groups is 4. The number of pyridine rings is 1. The zero-order valence-electron chi connectivity index (χ0n) is 49.4. The van der Waals surface area contributed by atoms with Crippen LogP contribution in [0, 0.1) is 28.6 Å². The molecule has 1 spiro atoms. The number of cyclic esters (lactones) is 1. The lowest BCUT2D eigenvalue weighted by Gasteiger charge is -2.58. The van der Waals surface area contributed by atoms with E-state index in [-0.39, 0.29) is 47.9 Å². The molecule has 6 saturated heterocycles. The summed E-state index contributed by atoms with van der Waals surface area (Å²) in [7, 11) is 3.80. The first-order chi connectivity index (χ1) is 40.1. The molecule has 21 heteroatoms. The molecular weight excluding hydrogens is 1070 g/mol. The van der Waals surface area contributed by atoms with Gasteiger partial charge in [-0.3, -0.25) is 39.0 Å². The normalized spacial score (nSPS) is 28.6. The lowest BCUT2D eigenvalue weighted by atomic mass is 9.76. The number of nitrogens with one attached hydrogen (secondary N) is 2. The van der Waals surface area contributed by atoms with Gasteiger partial charge in [-0.25, -0.2) is 10.4 Å². The van der Waals surface area contributed by atoms with E-state index < -0.39 is 41.3 Å². The summed E-state index contributed by atoms with van der Waals surface area (Å²) in [6.45, 7) is 20.5. The third-order valence-corrected chi connectivity index (χ3v) is 20.6. The van der Waals surface area contributed by atoms with Gasteiger partial charge in [-0.15, -0.1) is 11.3 Å². The van der Waals surface area contributed by atoms with E-state index >= 15 is 4.79 Å². The molecule has 0 radical (unpaired) electrons. The average molecular weight is 1160 g/mol. The summed E-state index contributed by atoms with van der Waals surface area (Å²) in [6.07, 6.45) is 7.66. The molecule has 2 N–H and O–H groups in total. The van der Waals surface area contributed by atoms with E-state index in [1.54, 1.807) is 7.11 Å². The highest BCUT2D eigenvalue weighted by atomic mass is 32.1. The van der Waals surface area contributed by atoms with Crippen LogP contribution in [0.1, 0.15) is 94.6 Å². The van der Waals surface area contributed by atoms with E-state index in [9.17, 15) is 14.4 Å². The number of hydrazine groups is 1. The number of methoxy groups -OCH3 is 1. The Morgan fingerprint density at radius 3 is 2.41 bits per heavy atom. The van der Waals surface area contributed by atoms with Gasteiger partial charge in [0.25, 0.3) is 5.91 Å². The van der Waals surface area contributed by atoms with Gasteiger partial charge in [0, 0.05) is 143 Å². The van der Waals surface area contributed by atoms with Gasteiger partial charge >= 0.3 is 5.97 Å². The first kappa shape index (κ1) is 57.0. The highest BCUT2D eigenvalue weighted by Gasteiger charge is 2.59. The number of piperazine rings is 2. The first-order valence-corrected chi connectivity index (χ1v) is 31.7. The maximum Gasteiger partial charge on any atom is 0.324 e. The van der Waals surface area contributed by atoms with Crippen LogP contribution in [0.15, 0.2) is 35.8 Å². The molecule has 2 aliphatic carbocycles. The van der Waals surface area contributed by atoms with Crippen molar-refractivity contribution in [3.8, 4) is 22.5 Å². The summed E-state index contributed by atoms with van der Waals surface area (Å²) < 4.78 is 33.1. The molecule has 13 rings (SSSR count). The number of thiazole rings is 1. The highest BCUT2D eigenvalue weighted by Crippen LogP contribution is 2.50. The number of amides is 3. The van der Waals surface area contributed by atoms with Crippen molar-refractivity contribution in [1.82, 2.24) is 49.9 Å². The number of esters is 1. The molecule has 9 aliphatic rings. The largest absolute Gasteiger partial charge is 0.464 e. The summed E-state index contributed by atoms with van der Waals surface area (Å²) >= 11 is 1.49. The number of benzene rings is 1. The Kier molecular flexibility index (Phi) is 16.0. The fourth-order valence-electron chi connectivity index (χ4n) is 14.3. The van der Waals surface area contributed by atoms with Gasteiger partial charge in [0.15, 0.2) is 0 Å². The maximum absolute atomic E-state index is 15.5. The number of nitrogens with zero attached hydrogens (tertiary/aromatic N) is 9.